The van der Waals surface area contributed by atoms with Crippen molar-refractivity contribution in [3.63, 3.8) is 0 Å². The van der Waals surface area contributed by atoms with E-state index in [1.807, 2.05) is 0 Å². The molecule has 2 heterocycles. The highest BCUT2D eigenvalue weighted by Crippen LogP contribution is 2.44. The molecule has 1 amide bonds. The minimum atomic E-state index is -0.900. The number of anilines is 1. The number of rotatable bonds is 2. The Balaban J connectivity index is 2.02. The Morgan fingerprint density at radius 2 is 2.04 bits per heavy atom. The molecule has 1 aliphatic rings. The summed E-state index contributed by atoms with van der Waals surface area (Å²) in [5.74, 6) is -0.622. The van der Waals surface area contributed by atoms with Gasteiger partial charge in [-0.05, 0) is 30.5 Å². The normalized spacial score (nSPS) is 15.3. The Labute approximate surface area is 169 Å². The Morgan fingerprint density at radius 1 is 1.25 bits per heavy atom. The second kappa shape index (κ2) is 7.37. The van der Waals surface area contributed by atoms with E-state index in [0.717, 1.165) is 0 Å². The van der Waals surface area contributed by atoms with Crippen molar-refractivity contribution in [1.29, 1.82) is 0 Å². The van der Waals surface area contributed by atoms with Gasteiger partial charge in [-0.3, -0.25) is 9.69 Å². The number of amides is 1. The van der Waals surface area contributed by atoms with Gasteiger partial charge in [0.05, 0.1) is 5.69 Å². The van der Waals surface area contributed by atoms with Crippen LogP contribution in [0.3, 0.4) is 0 Å². The van der Waals surface area contributed by atoms with E-state index in [1.54, 1.807) is 30.5 Å². The second-order valence-electron chi connectivity index (χ2n) is 5.99. The number of nitrogens with zero attached hydrogens (tertiary/aromatic N) is 4. The maximum atomic E-state index is 14.0. The van der Waals surface area contributed by atoms with Gasteiger partial charge in [0.25, 0.3) is 0 Å². The molecule has 4 rings (SSSR count). The SMILES string of the molecule is CSc1nnc2c(n1)O[C@@H](c1ccccc1Cl)N(C(C)=O)c1ccc(F)cc1-2. The lowest BCUT2D eigenvalue weighted by atomic mass is 10.1. The number of halogens is 2. The van der Waals surface area contributed by atoms with Crippen LogP contribution in [0.5, 0.6) is 5.88 Å². The zero-order chi connectivity index (χ0) is 19.8. The van der Waals surface area contributed by atoms with Crippen LogP contribution in [0.15, 0.2) is 47.6 Å². The second-order valence-corrected chi connectivity index (χ2v) is 7.18. The van der Waals surface area contributed by atoms with Gasteiger partial charge in [-0.15, -0.1) is 10.2 Å². The molecule has 0 bridgehead atoms. The molecule has 28 heavy (non-hydrogen) atoms. The van der Waals surface area contributed by atoms with Crippen molar-refractivity contribution in [1.82, 2.24) is 15.2 Å². The minimum absolute atomic E-state index is 0.153. The Morgan fingerprint density at radius 3 is 2.75 bits per heavy atom. The van der Waals surface area contributed by atoms with Crippen molar-refractivity contribution < 1.29 is 13.9 Å². The number of carbonyl (C=O) groups is 1. The van der Waals surface area contributed by atoms with Gasteiger partial charge in [0.2, 0.25) is 23.2 Å². The van der Waals surface area contributed by atoms with Crippen LogP contribution in [-0.2, 0) is 4.79 Å². The van der Waals surface area contributed by atoms with Gasteiger partial charge in [0.1, 0.15) is 5.82 Å². The topological polar surface area (TPSA) is 68.2 Å². The molecule has 1 atom stereocenters. The van der Waals surface area contributed by atoms with Gasteiger partial charge in [0, 0.05) is 23.1 Å². The highest BCUT2D eigenvalue weighted by atomic mass is 35.5. The maximum Gasteiger partial charge on any atom is 0.247 e. The largest absolute Gasteiger partial charge is 0.447 e. The van der Waals surface area contributed by atoms with Gasteiger partial charge in [-0.25, -0.2) is 4.39 Å². The Kier molecular flexibility index (Phi) is 4.91. The first-order chi connectivity index (χ1) is 13.5. The fourth-order valence-corrected chi connectivity index (χ4v) is 3.57. The van der Waals surface area contributed by atoms with E-state index >= 15 is 0 Å². The number of aromatic nitrogens is 3. The lowest BCUT2D eigenvalue weighted by Crippen LogP contribution is -2.36. The highest BCUT2D eigenvalue weighted by molar-refractivity contribution is 7.98. The molecule has 0 saturated heterocycles. The van der Waals surface area contributed by atoms with Gasteiger partial charge in [0.15, 0.2) is 5.69 Å². The third-order valence-corrected chi connectivity index (χ3v) is 5.14. The van der Waals surface area contributed by atoms with Crippen molar-refractivity contribution in [2.24, 2.45) is 0 Å². The molecular weight excluding hydrogens is 403 g/mol. The average molecular weight is 417 g/mol. The first-order valence-electron chi connectivity index (χ1n) is 8.29. The molecule has 9 heteroatoms. The van der Waals surface area contributed by atoms with E-state index in [0.29, 0.717) is 27.0 Å². The molecule has 0 saturated carbocycles. The smallest absolute Gasteiger partial charge is 0.247 e. The molecule has 3 aromatic rings. The fourth-order valence-electron chi connectivity index (χ4n) is 3.04. The van der Waals surface area contributed by atoms with Crippen LogP contribution >= 0.6 is 23.4 Å². The van der Waals surface area contributed by atoms with Crippen LogP contribution in [0.2, 0.25) is 5.02 Å². The van der Waals surface area contributed by atoms with E-state index in [9.17, 15) is 9.18 Å². The number of hydrogen-bond acceptors (Lipinski definition) is 6. The summed E-state index contributed by atoms with van der Waals surface area (Å²) < 4.78 is 20.2. The molecule has 0 radical (unpaired) electrons. The Hall–Kier alpha value is -2.71. The van der Waals surface area contributed by atoms with Crippen LogP contribution in [0.1, 0.15) is 18.7 Å². The number of thioether (sulfide) groups is 1. The maximum absolute atomic E-state index is 14.0. The van der Waals surface area contributed by atoms with Crippen molar-refractivity contribution >= 4 is 35.0 Å². The summed E-state index contributed by atoms with van der Waals surface area (Å²) in [5.41, 5.74) is 1.64. The van der Waals surface area contributed by atoms with Gasteiger partial charge < -0.3 is 4.74 Å². The molecular formula is C19H14ClFN4O2S. The number of benzene rings is 2. The highest BCUT2D eigenvalue weighted by Gasteiger charge is 2.35. The number of fused-ring (bicyclic) bond motifs is 3. The summed E-state index contributed by atoms with van der Waals surface area (Å²) in [4.78, 5) is 18.4. The fraction of sp³-hybridized carbons (Fsp3) is 0.158. The molecule has 2 aromatic carbocycles. The van der Waals surface area contributed by atoms with Crippen molar-refractivity contribution in [2.75, 3.05) is 11.2 Å². The molecule has 142 valence electrons. The quantitative estimate of drug-likeness (QED) is 0.573. The molecule has 0 unspecified atom stereocenters. The summed E-state index contributed by atoms with van der Waals surface area (Å²) in [6.07, 6.45) is 0.907. The van der Waals surface area contributed by atoms with Gasteiger partial charge >= 0.3 is 0 Å². The third kappa shape index (κ3) is 3.18. The molecule has 1 aromatic heterocycles. The predicted molar refractivity (Wildman–Crippen MR) is 105 cm³/mol. The Bertz CT molecular complexity index is 1080. The lowest BCUT2D eigenvalue weighted by molar-refractivity contribution is -0.118. The van der Waals surface area contributed by atoms with Crippen LogP contribution in [0.4, 0.5) is 10.1 Å². The molecule has 0 aliphatic carbocycles. The molecule has 0 fully saturated rings. The summed E-state index contributed by atoms with van der Waals surface area (Å²) in [7, 11) is 0. The predicted octanol–water partition coefficient (Wildman–Crippen LogP) is 4.50. The summed E-state index contributed by atoms with van der Waals surface area (Å²) in [6, 6.07) is 11.1. The van der Waals surface area contributed by atoms with Gasteiger partial charge in [-0.1, -0.05) is 41.6 Å². The average Bonchev–Trinajstić information content (AvgIpc) is 2.82. The number of ether oxygens (including phenoxy) is 1. The van der Waals surface area contributed by atoms with Crippen LogP contribution in [-0.4, -0.2) is 27.3 Å². The lowest BCUT2D eigenvalue weighted by Gasteiger charge is -2.30. The first kappa shape index (κ1) is 18.6. The van der Waals surface area contributed by atoms with Crippen LogP contribution < -0.4 is 9.64 Å². The zero-order valence-electron chi connectivity index (χ0n) is 14.9. The van der Waals surface area contributed by atoms with E-state index in [-0.39, 0.29) is 17.5 Å². The van der Waals surface area contributed by atoms with Crippen molar-refractivity contribution in [3.8, 4) is 17.1 Å². The minimum Gasteiger partial charge on any atom is -0.447 e. The van der Waals surface area contributed by atoms with E-state index < -0.39 is 12.0 Å². The standard InChI is InChI=1S/C19H14ClFN4O2S/c1-10(26)25-15-8-7-11(21)9-13(15)16-17(22-19(28-2)24-23-16)27-18(25)12-5-3-4-6-14(12)20/h3-9,18H,1-2H3/t18-/m0/s1. The van der Waals surface area contributed by atoms with E-state index in [4.69, 9.17) is 16.3 Å². The molecule has 1 aliphatic heterocycles. The van der Waals surface area contributed by atoms with Crippen molar-refractivity contribution in [3.05, 3.63) is 58.9 Å². The third-order valence-electron chi connectivity index (χ3n) is 4.26. The molecule has 0 spiro atoms. The molecule has 0 N–H and O–H groups in total. The summed E-state index contributed by atoms with van der Waals surface area (Å²) in [6.45, 7) is 1.41. The molecule has 6 nitrogen and oxygen atoms in total. The summed E-state index contributed by atoms with van der Waals surface area (Å²) in [5, 5.41) is 9.04. The van der Waals surface area contributed by atoms with Gasteiger partial charge in [-0.2, -0.15) is 4.98 Å². The number of carbonyl (C=O) groups excluding carboxylic acids is 1. The summed E-state index contributed by atoms with van der Waals surface area (Å²) >= 11 is 7.68. The monoisotopic (exact) mass is 416 g/mol. The van der Waals surface area contributed by atoms with Crippen molar-refractivity contribution in [2.45, 2.75) is 18.3 Å². The van der Waals surface area contributed by atoms with E-state index in [2.05, 4.69) is 15.2 Å². The van der Waals surface area contributed by atoms with E-state index in [1.165, 1.54) is 41.8 Å². The number of hydrogen-bond donors (Lipinski definition) is 0. The first-order valence-corrected chi connectivity index (χ1v) is 9.89. The van der Waals surface area contributed by atoms with Crippen LogP contribution in [0, 0.1) is 5.82 Å². The van der Waals surface area contributed by atoms with Crippen LogP contribution in [0.25, 0.3) is 11.3 Å². The zero-order valence-corrected chi connectivity index (χ0v) is 16.5.